The van der Waals surface area contributed by atoms with Crippen molar-refractivity contribution in [3.63, 3.8) is 0 Å². The van der Waals surface area contributed by atoms with E-state index in [-0.39, 0.29) is 33.7 Å². The Morgan fingerprint density at radius 2 is 1.46 bits per heavy atom. The van der Waals surface area contributed by atoms with Crippen molar-refractivity contribution in [1.82, 2.24) is 0 Å². The molecule has 5 aliphatic rings. The summed E-state index contributed by atoms with van der Waals surface area (Å²) in [5, 5.41) is 28.4. The van der Waals surface area contributed by atoms with Crippen molar-refractivity contribution in [2.45, 2.75) is 112 Å². The molecule has 200 valence electrons. The predicted molar refractivity (Wildman–Crippen MR) is 141 cm³/mol. The van der Waals surface area contributed by atoms with Crippen LogP contribution in [0.5, 0.6) is 0 Å². The van der Waals surface area contributed by atoms with E-state index in [1.54, 1.807) is 0 Å². The summed E-state index contributed by atoms with van der Waals surface area (Å²) in [6.07, 6.45) is 10.5. The molecule has 0 amide bonds. The summed E-state index contributed by atoms with van der Waals surface area (Å²) in [4.78, 5) is 12.8. The smallest absolute Gasteiger partial charge is 0.309 e. The van der Waals surface area contributed by atoms with E-state index in [0.717, 1.165) is 45.6 Å². The topological polar surface area (TPSA) is 77.8 Å². The Bertz CT molecular complexity index is 864. The molecule has 0 radical (unpaired) electrons. The van der Waals surface area contributed by atoms with E-state index in [0.29, 0.717) is 23.7 Å². The zero-order chi connectivity index (χ0) is 26.2. The molecule has 0 aromatic rings. The van der Waals surface area contributed by atoms with Crippen molar-refractivity contribution >= 4 is 5.97 Å². The molecule has 0 aliphatic heterocycles. The van der Waals surface area contributed by atoms with Gasteiger partial charge in [0.05, 0.1) is 11.5 Å². The van der Waals surface area contributed by atoms with E-state index in [1.807, 2.05) is 0 Å². The van der Waals surface area contributed by atoms with Crippen LogP contribution in [0.1, 0.15) is 106 Å². The van der Waals surface area contributed by atoms with Crippen LogP contribution in [0.15, 0.2) is 12.2 Å². The summed E-state index contributed by atoms with van der Waals surface area (Å²) in [5.74, 6) is 1.79. The lowest BCUT2D eigenvalue weighted by molar-refractivity contribution is -0.248. The second kappa shape index (κ2) is 8.58. The summed E-state index contributed by atoms with van der Waals surface area (Å²) >= 11 is 0. The van der Waals surface area contributed by atoms with E-state index < -0.39 is 11.4 Å². The Kier molecular flexibility index (Phi) is 6.66. The highest BCUT2D eigenvalue weighted by Gasteiger charge is 2.71. The maximum atomic E-state index is 12.8. The van der Waals surface area contributed by atoms with Crippen molar-refractivity contribution in [1.29, 1.82) is 0 Å². The zero-order valence-electron chi connectivity index (χ0n) is 23.5. The van der Waals surface area contributed by atoms with Gasteiger partial charge in [0.25, 0.3) is 0 Å². The predicted octanol–water partition coefficient (Wildman–Crippen LogP) is 6.70. The Morgan fingerprint density at radius 1 is 0.800 bits per heavy atom. The third kappa shape index (κ3) is 3.33. The van der Waals surface area contributed by atoms with Crippen molar-refractivity contribution in [2.24, 2.45) is 56.7 Å². The number of carboxylic acid groups (broad SMARTS) is 1. The number of rotatable bonds is 2. The van der Waals surface area contributed by atoms with Gasteiger partial charge in [0.1, 0.15) is 0 Å². The minimum atomic E-state index is -0.538. The largest absolute Gasteiger partial charge is 0.481 e. The quantitative estimate of drug-likeness (QED) is 0.378. The molecular weight excluding hydrogens is 436 g/mol. The average molecular weight is 489 g/mol. The maximum absolute atomic E-state index is 12.8. The van der Waals surface area contributed by atoms with Crippen LogP contribution >= 0.6 is 0 Å². The standard InChI is InChI=1S/C30H48O3.CH4O/c1-18(2)19-10-15-30(25(32)33)17-16-28(6)20(24(19)30)8-9-22-27(5)13-12-23(31)26(3,4)21(27)11-14-29(22,28)7;1-2/h19-24,31H,1,8-17H2,2-7H3,(H,32,33);2H,1H3/t19-,20+,21-,22+,23-,24+,27-,28+,29+,30-;/m0./s1. The highest BCUT2D eigenvalue weighted by atomic mass is 16.4. The van der Waals surface area contributed by atoms with Gasteiger partial charge >= 0.3 is 5.97 Å². The monoisotopic (exact) mass is 488 g/mol. The second-order valence-electron chi connectivity index (χ2n) is 14.5. The lowest BCUT2D eigenvalue weighted by Gasteiger charge is -2.72. The average Bonchev–Trinajstić information content (AvgIpc) is 3.20. The number of aliphatic hydroxyl groups excluding tert-OH is 2. The Morgan fingerprint density at radius 3 is 2.06 bits per heavy atom. The number of hydrogen-bond donors (Lipinski definition) is 3. The molecule has 10 atom stereocenters. The molecule has 35 heavy (non-hydrogen) atoms. The molecule has 3 N–H and O–H groups in total. The zero-order valence-corrected chi connectivity index (χ0v) is 23.5. The summed E-state index contributed by atoms with van der Waals surface area (Å²) in [6.45, 7) is 18.8. The molecule has 0 aromatic heterocycles. The number of carboxylic acids is 1. The maximum Gasteiger partial charge on any atom is 0.309 e. The first kappa shape index (κ1) is 27.2. The number of fused-ring (bicyclic) bond motifs is 7. The molecule has 5 fully saturated rings. The van der Waals surface area contributed by atoms with Crippen LogP contribution in [0, 0.1) is 56.7 Å². The van der Waals surface area contributed by atoms with Gasteiger partial charge in [-0.25, -0.2) is 0 Å². The molecule has 0 unspecified atom stereocenters. The molecule has 0 aromatic carbocycles. The summed E-state index contributed by atoms with van der Waals surface area (Å²) in [5.41, 5.74) is 1.35. The van der Waals surface area contributed by atoms with Gasteiger partial charge in [-0.1, -0.05) is 46.8 Å². The van der Waals surface area contributed by atoms with Crippen LogP contribution in [-0.4, -0.2) is 34.5 Å². The number of aliphatic hydroxyl groups is 2. The van der Waals surface area contributed by atoms with Gasteiger partial charge in [-0.2, -0.15) is 0 Å². The van der Waals surface area contributed by atoms with Gasteiger partial charge in [-0.05, 0) is 122 Å². The summed E-state index contributed by atoms with van der Waals surface area (Å²) < 4.78 is 0. The molecular formula is C31H52O4. The summed E-state index contributed by atoms with van der Waals surface area (Å²) in [7, 11) is 1.00. The van der Waals surface area contributed by atoms with Gasteiger partial charge in [0.15, 0.2) is 0 Å². The molecule has 4 heteroatoms. The van der Waals surface area contributed by atoms with Crippen LogP contribution in [0.3, 0.4) is 0 Å². The number of aliphatic carboxylic acids is 1. The lowest BCUT2D eigenvalue weighted by Crippen LogP contribution is -2.67. The first-order chi connectivity index (χ1) is 16.3. The van der Waals surface area contributed by atoms with Crippen LogP contribution in [0.25, 0.3) is 0 Å². The Balaban J connectivity index is 0.00000141. The Labute approximate surface area is 214 Å². The van der Waals surface area contributed by atoms with Crippen LogP contribution in [-0.2, 0) is 4.79 Å². The molecule has 0 spiro atoms. The van der Waals surface area contributed by atoms with Crippen molar-refractivity contribution in [3.8, 4) is 0 Å². The van der Waals surface area contributed by atoms with E-state index in [2.05, 4.69) is 48.1 Å². The molecule has 0 heterocycles. The fourth-order valence-corrected chi connectivity index (χ4v) is 11.5. The second-order valence-corrected chi connectivity index (χ2v) is 14.5. The SMILES string of the molecule is C=C(C)[C@@H]1CC[C@]2(C(=O)O)CC[C@]3(C)[C@H](CC[C@@H]4[C@@]5(C)CC[C@H](O)C(C)(C)[C@@H]5CC[C@]43C)[C@@H]12.CO. The molecule has 5 aliphatic carbocycles. The minimum absolute atomic E-state index is 0.0202. The third-order valence-corrected chi connectivity index (χ3v) is 13.5. The minimum Gasteiger partial charge on any atom is -0.481 e. The highest BCUT2D eigenvalue weighted by Crippen LogP contribution is 2.77. The fraction of sp³-hybridized carbons (Fsp3) is 0.903. The van der Waals surface area contributed by atoms with Gasteiger partial charge in [0, 0.05) is 7.11 Å². The lowest BCUT2D eigenvalue weighted by atomic mass is 9.32. The molecule has 5 rings (SSSR count). The van der Waals surface area contributed by atoms with Crippen LogP contribution in [0.2, 0.25) is 0 Å². The molecule has 0 saturated heterocycles. The van der Waals surface area contributed by atoms with E-state index in [1.165, 1.54) is 31.3 Å². The normalized spacial score (nSPS) is 52.0. The molecule has 4 nitrogen and oxygen atoms in total. The van der Waals surface area contributed by atoms with Gasteiger partial charge in [-0.15, -0.1) is 0 Å². The first-order valence-electron chi connectivity index (χ1n) is 14.3. The van der Waals surface area contributed by atoms with E-state index >= 15 is 0 Å². The number of hydrogen-bond acceptors (Lipinski definition) is 3. The third-order valence-electron chi connectivity index (χ3n) is 13.5. The van der Waals surface area contributed by atoms with Crippen molar-refractivity contribution < 1.29 is 20.1 Å². The van der Waals surface area contributed by atoms with Crippen LogP contribution in [0.4, 0.5) is 0 Å². The molecule has 5 saturated carbocycles. The van der Waals surface area contributed by atoms with E-state index in [9.17, 15) is 15.0 Å². The molecule has 0 bridgehead atoms. The number of allylic oxidation sites excluding steroid dienone is 1. The van der Waals surface area contributed by atoms with E-state index in [4.69, 9.17) is 5.11 Å². The van der Waals surface area contributed by atoms with Crippen LogP contribution < -0.4 is 0 Å². The first-order valence-corrected chi connectivity index (χ1v) is 14.3. The number of carbonyl (C=O) groups is 1. The Hall–Kier alpha value is -0.870. The van der Waals surface area contributed by atoms with Crippen molar-refractivity contribution in [2.75, 3.05) is 7.11 Å². The summed E-state index contributed by atoms with van der Waals surface area (Å²) in [6, 6.07) is 0. The van der Waals surface area contributed by atoms with Crippen molar-refractivity contribution in [3.05, 3.63) is 12.2 Å². The van der Waals surface area contributed by atoms with Gasteiger partial charge in [-0.3, -0.25) is 4.79 Å². The fourth-order valence-electron chi connectivity index (χ4n) is 11.5. The highest BCUT2D eigenvalue weighted by molar-refractivity contribution is 5.76. The van der Waals surface area contributed by atoms with Gasteiger partial charge in [0.2, 0.25) is 0 Å². The van der Waals surface area contributed by atoms with Gasteiger partial charge < -0.3 is 15.3 Å².